The maximum atomic E-state index is 13.6. The molecule has 0 saturated carbocycles. The standard InChI is InChI=1S/C15H14Cl2FNO/c1-2-20-15-6-4-12(8-13(15)17)19-9-10-7-11(16)3-5-14(10)18/h3-8,19H,2,9H2,1H3. The van der Waals surface area contributed by atoms with Crippen LogP contribution in [0.5, 0.6) is 5.75 Å². The van der Waals surface area contributed by atoms with Crippen LogP contribution < -0.4 is 10.1 Å². The molecule has 0 saturated heterocycles. The summed E-state index contributed by atoms with van der Waals surface area (Å²) < 4.78 is 18.9. The van der Waals surface area contributed by atoms with Crippen molar-refractivity contribution in [2.24, 2.45) is 0 Å². The molecule has 0 fully saturated rings. The Balaban J connectivity index is 2.07. The number of anilines is 1. The van der Waals surface area contributed by atoms with Gasteiger partial charge in [0.25, 0.3) is 0 Å². The molecule has 1 N–H and O–H groups in total. The molecule has 2 aromatic carbocycles. The fraction of sp³-hybridized carbons (Fsp3) is 0.200. The Morgan fingerprint density at radius 2 is 1.95 bits per heavy atom. The average Bonchev–Trinajstić information content (AvgIpc) is 2.43. The molecule has 20 heavy (non-hydrogen) atoms. The van der Waals surface area contributed by atoms with Crippen molar-refractivity contribution in [3.8, 4) is 5.75 Å². The summed E-state index contributed by atoms with van der Waals surface area (Å²) in [5.74, 6) is 0.340. The molecular weight excluding hydrogens is 300 g/mol. The van der Waals surface area contributed by atoms with Crippen molar-refractivity contribution in [1.29, 1.82) is 0 Å². The molecule has 2 aromatic rings. The van der Waals surface area contributed by atoms with Crippen molar-refractivity contribution in [3.63, 3.8) is 0 Å². The van der Waals surface area contributed by atoms with Crippen molar-refractivity contribution in [2.45, 2.75) is 13.5 Å². The lowest BCUT2D eigenvalue weighted by molar-refractivity contribution is 0.340. The molecule has 106 valence electrons. The van der Waals surface area contributed by atoms with Crippen LogP contribution in [0.25, 0.3) is 0 Å². The Labute approximate surface area is 127 Å². The zero-order valence-electron chi connectivity index (χ0n) is 10.9. The SMILES string of the molecule is CCOc1ccc(NCc2cc(Cl)ccc2F)cc1Cl. The molecule has 0 heterocycles. The monoisotopic (exact) mass is 313 g/mol. The molecule has 0 unspecified atom stereocenters. The number of halogens is 3. The van der Waals surface area contributed by atoms with E-state index in [2.05, 4.69) is 5.32 Å². The second kappa shape index (κ2) is 6.82. The first kappa shape index (κ1) is 14.9. The molecule has 0 bridgehead atoms. The smallest absolute Gasteiger partial charge is 0.138 e. The summed E-state index contributed by atoms with van der Waals surface area (Å²) in [7, 11) is 0. The van der Waals surface area contributed by atoms with Gasteiger partial charge in [0.15, 0.2) is 0 Å². The molecule has 0 amide bonds. The fourth-order valence-electron chi connectivity index (χ4n) is 1.76. The van der Waals surface area contributed by atoms with Gasteiger partial charge in [-0.3, -0.25) is 0 Å². The van der Waals surface area contributed by atoms with E-state index in [1.807, 2.05) is 13.0 Å². The lowest BCUT2D eigenvalue weighted by atomic mass is 10.2. The van der Waals surface area contributed by atoms with E-state index in [9.17, 15) is 4.39 Å². The van der Waals surface area contributed by atoms with E-state index in [1.165, 1.54) is 12.1 Å². The molecule has 0 spiro atoms. The number of benzene rings is 2. The van der Waals surface area contributed by atoms with Crippen LogP contribution in [-0.4, -0.2) is 6.61 Å². The number of hydrogen-bond donors (Lipinski definition) is 1. The lowest BCUT2D eigenvalue weighted by Crippen LogP contribution is -2.02. The molecule has 0 atom stereocenters. The quantitative estimate of drug-likeness (QED) is 0.824. The van der Waals surface area contributed by atoms with Gasteiger partial charge in [-0.05, 0) is 43.3 Å². The largest absolute Gasteiger partial charge is 0.492 e. The minimum atomic E-state index is -0.293. The van der Waals surface area contributed by atoms with E-state index >= 15 is 0 Å². The third-order valence-electron chi connectivity index (χ3n) is 2.72. The van der Waals surface area contributed by atoms with E-state index in [0.717, 1.165) is 5.69 Å². The topological polar surface area (TPSA) is 21.3 Å². The maximum Gasteiger partial charge on any atom is 0.138 e. The minimum Gasteiger partial charge on any atom is -0.492 e. The van der Waals surface area contributed by atoms with Crippen molar-refractivity contribution in [1.82, 2.24) is 0 Å². The summed E-state index contributed by atoms with van der Waals surface area (Å²) >= 11 is 11.9. The highest BCUT2D eigenvalue weighted by molar-refractivity contribution is 6.32. The van der Waals surface area contributed by atoms with Crippen LogP contribution in [0.4, 0.5) is 10.1 Å². The van der Waals surface area contributed by atoms with Gasteiger partial charge in [-0.1, -0.05) is 23.2 Å². The van der Waals surface area contributed by atoms with Gasteiger partial charge in [-0.2, -0.15) is 0 Å². The van der Waals surface area contributed by atoms with E-state index in [-0.39, 0.29) is 5.82 Å². The molecule has 0 aliphatic carbocycles. The predicted molar refractivity (Wildman–Crippen MR) is 81.4 cm³/mol. The first-order valence-corrected chi connectivity index (χ1v) is 6.96. The highest BCUT2D eigenvalue weighted by Gasteiger charge is 2.05. The summed E-state index contributed by atoms with van der Waals surface area (Å²) in [5.41, 5.74) is 1.29. The van der Waals surface area contributed by atoms with Crippen LogP contribution in [0.3, 0.4) is 0 Å². The van der Waals surface area contributed by atoms with E-state index < -0.39 is 0 Å². The third kappa shape index (κ3) is 3.78. The van der Waals surface area contributed by atoms with Crippen LogP contribution in [0.2, 0.25) is 10.0 Å². The summed E-state index contributed by atoms with van der Waals surface area (Å²) in [5, 5.41) is 4.12. The van der Waals surface area contributed by atoms with Gasteiger partial charge < -0.3 is 10.1 Å². The third-order valence-corrected chi connectivity index (χ3v) is 3.25. The molecule has 5 heteroatoms. The molecule has 2 rings (SSSR count). The number of ether oxygens (including phenoxy) is 1. The van der Waals surface area contributed by atoms with Gasteiger partial charge in [0.2, 0.25) is 0 Å². The highest BCUT2D eigenvalue weighted by Crippen LogP contribution is 2.28. The molecule has 2 nitrogen and oxygen atoms in total. The second-order valence-corrected chi connectivity index (χ2v) is 5.01. The Bertz CT molecular complexity index is 604. The number of rotatable bonds is 5. The maximum absolute atomic E-state index is 13.6. The van der Waals surface area contributed by atoms with Gasteiger partial charge in [-0.25, -0.2) is 4.39 Å². The number of nitrogens with one attached hydrogen (secondary N) is 1. The predicted octanol–water partition coefficient (Wildman–Crippen LogP) is 5.14. The lowest BCUT2D eigenvalue weighted by Gasteiger charge is -2.10. The van der Waals surface area contributed by atoms with E-state index in [0.29, 0.717) is 34.5 Å². The normalized spacial score (nSPS) is 10.4. The Morgan fingerprint density at radius 1 is 1.15 bits per heavy atom. The zero-order valence-corrected chi connectivity index (χ0v) is 12.4. The Kier molecular flexibility index (Phi) is 5.10. The first-order chi connectivity index (χ1) is 9.60. The molecule has 0 radical (unpaired) electrons. The highest BCUT2D eigenvalue weighted by atomic mass is 35.5. The van der Waals surface area contributed by atoms with Crippen molar-refractivity contribution in [3.05, 3.63) is 57.8 Å². The Hall–Kier alpha value is -1.45. The first-order valence-electron chi connectivity index (χ1n) is 6.20. The van der Waals surface area contributed by atoms with Crippen LogP contribution in [0.1, 0.15) is 12.5 Å². The second-order valence-electron chi connectivity index (χ2n) is 4.17. The minimum absolute atomic E-state index is 0.293. The summed E-state index contributed by atoms with van der Waals surface area (Å²) in [4.78, 5) is 0. The van der Waals surface area contributed by atoms with Crippen molar-refractivity contribution >= 4 is 28.9 Å². The van der Waals surface area contributed by atoms with Crippen LogP contribution in [0.15, 0.2) is 36.4 Å². The molecule has 0 aliphatic rings. The fourth-order valence-corrected chi connectivity index (χ4v) is 2.19. The van der Waals surface area contributed by atoms with Gasteiger partial charge in [0.1, 0.15) is 11.6 Å². The van der Waals surface area contributed by atoms with Crippen LogP contribution in [0, 0.1) is 5.82 Å². The van der Waals surface area contributed by atoms with Gasteiger partial charge >= 0.3 is 0 Å². The van der Waals surface area contributed by atoms with Crippen molar-refractivity contribution < 1.29 is 9.13 Å². The van der Waals surface area contributed by atoms with E-state index in [1.54, 1.807) is 18.2 Å². The van der Waals surface area contributed by atoms with Gasteiger partial charge in [-0.15, -0.1) is 0 Å². The Morgan fingerprint density at radius 3 is 2.65 bits per heavy atom. The van der Waals surface area contributed by atoms with Gasteiger partial charge in [0, 0.05) is 22.8 Å². The summed E-state index contributed by atoms with van der Waals surface area (Å²) in [6, 6.07) is 9.83. The molecular formula is C15H14Cl2FNO. The molecule has 0 aliphatic heterocycles. The average molecular weight is 314 g/mol. The van der Waals surface area contributed by atoms with E-state index in [4.69, 9.17) is 27.9 Å². The van der Waals surface area contributed by atoms with Crippen LogP contribution >= 0.6 is 23.2 Å². The zero-order chi connectivity index (χ0) is 14.5. The van der Waals surface area contributed by atoms with Crippen LogP contribution in [-0.2, 0) is 6.54 Å². The summed E-state index contributed by atoms with van der Waals surface area (Å²) in [6.07, 6.45) is 0. The van der Waals surface area contributed by atoms with Gasteiger partial charge in [0.05, 0.1) is 11.6 Å². The number of hydrogen-bond acceptors (Lipinski definition) is 2. The summed E-state index contributed by atoms with van der Waals surface area (Å²) in [6.45, 7) is 2.78. The molecule has 0 aromatic heterocycles. The van der Waals surface area contributed by atoms with Crippen molar-refractivity contribution in [2.75, 3.05) is 11.9 Å².